The van der Waals surface area contributed by atoms with Crippen LogP contribution >= 0.6 is 0 Å². The van der Waals surface area contributed by atoms with Gasteiger partial charge in [-0.2, -0.15) is 0 Å². The van der Waals surface area contributed by atoms with Crippen molar-refractivity contribution in [1.82, 2.24) is 0 Å². The molecule has 0 aliphatic heterocycles. The Hall–Kier alpha value is -0.820. The first-order valence-corrected chi connectivity index (χ1v) is 7.43. The Morgan fingerprint density at radius 3 is 2.39 bits per heavy atom. The Morgan fingerprint density at radius 1 is 1.06 bits per heavy atom. The van der Waals surface area contributed by atoms with Crippen molar-refractivity contribution in [1.29, 1.82) is 0 Å². The zero-order chi connectivity index (χ0) is 12.3. The average Bonchev–Trinajstić information content (AvgIpc) is 2.35. The molecule has 0 heterocycles. The van der Waals surface area contributed by atoms with E-state index in [1.54, 1.807) is 0 Å². The van der Waals surface area contributed by atoms with Crippen molar-refractivity contribution in [3.8, 4) is 0 Å². The van der Waals surface area contributed by atoms with E-state index in [1.165, 1.54) is 43.2 Å². The number of hydrogen-bond acceptors (Lipinski definition) is 1. The van der Waals surface area contributed by atoms with E-state index in [2.05, 4.69) is 31.2 Å². The van der Waals surface area contributed by atoms with E-state index >= 15 is 0 Å². The molecule has 3 atom stereocenters. The van der Waals surface area contributed by atoms with E-state index in [-0.39, 0.29) is 11.5 Å². The summed E-state index contributed by atoms with van der Waals surface area (Å²) in [5.41, 5.74) is 2.91. The molecule has 18 heavy (non-hydrogen) atoms. The molecule has 1 aromatic rings. The van der Waals surface area contributed by atoms with E-state index in [4.69, 9.17) is 0 Å². The third-order valence-electron chi connectivity index (χ3n) is 5.94. The van der Waals surface area contributed by atoms with Gasteiger partial charge < -0.3 is 5.11 Å². The van der Waals surface area contributed by atoms with E-state index < -0.39 is 0 Å². The highest BCUT2D eigenvalue weighted by Gasteiger charge is 2.57. The van der Waals surface area contributed by atoms with Gasteiger partial charge in [-0.3, -0.25) is 0 Å². The second kappa shape index (κ2) is 3.60. The van der Waals surface area contributed by atoms with Gasteiger partial charge in [-0.15, -0.1) is 0 Å². The van der Waals surface area contributed by atoms with Gasteiger partial charge in [-0.05, 0) is 67.9 Å². The van der Waals surface area contributed by atoms with Crippen molar-refractivity contribution >= 4 is 0 Å². The van der Waals surface area contributed by atoms with E-state index in [0.717, 1.165) is 11.8 Å². The normalized spacial score (nSPS) is 45.4. The number of benzene rings is 1. The summed E-state index contributed by atoms with van der Waals surface area (Å²) in [6, 6.07) is 8.74. The SMILES string of the molecule is Cc1ccccc1C12CC3CC(CC(C3)C1O)C2. The van der Waals surface area contributed by atoms with Crippen LogP contribution in [0.4, 0.5) is 0 Å². The Bertz CT molecular complexity index is 464. The van der Waals surface area contributed by atoms with Crippen molar-refractivity contribution in [3.63, 3.8) is 0 Å². The fraction of sp³-hybridized carbons (Fsp3) is 0.647. The monoisotopic (exact) mass is 242 g/mol. The number of aryl methyl sites for hydroxylation is 1. The summed E-state index contributed by atoms with van der Waals surface area (Å²) in [5.74, 6) is 2.34. The van der Waals surface area contributed by atoms with Crippen LogP contribution in [0.25, 0.3) is 0 Å². The Balaban J connectivity index is 1.85. The first-order valence-electron chi connectivity index (χ1n) is 7.43. The van der Waals surface area contributed by atoms with Crippen LogP contribution in [-0.4, -0.2) is 11.2 Å². The molecule has 0 saturated heterocycles. The largest absolute Gasteiger partial charge is 0.392 e. The highest BCUT2D eigenvalue weighted by molar-refractivity contribution is 5.37. The predicted molar refractivity (Wildman–Crippen MR) is 72.4 cm³/mol. The van der Waals surface area contributed by atoms with Crippen LogP contribution in [0.15, 0.2) is 24.3 Å². The van der Waals surface area contributed by atoms with E-state index in [9.17, 15) is 5.11 Å². The summed E-state index contributed by atoms with van der Waals surface area (Å²) in [5, 5.41) is 10.9. The highest BCUT2D eigenvalue weighted by atomic mass is 16.3. The number of rotatable bonds is 1. The third kappa shape index (κ3) is 1.31. The minimum atomic E-state index is -0.0913. The molecule has 4 saturated carbocycles. The minimum Gasteiger partial charge on any atom is -0.392 e. The van der Waals surface area contributed by atoms with Crippen molar-refractivity contribution in [2.45, 2.75) is 50.5 Å². The predicted octanol–water partition coefficient (Wildman–Crippen LogP) is 3.43. The van der Waals surface area contributed by atoms with Crippen LogP contribution in [0.2, 0.25) is 0 Å². The van der Waals surface area contributed by atoms with Gasteiger partial charge in [0, 0.05) is 5.41 Å². The third-order valence-corrected chi connectivity index (χ3v) is 5.94. The molecule has 1 heteroatoms. The minimum absolute atomic E-state index is 0.0913. The van der Waals surface area contributed by atoms with E-state index in [1.807, 2.05) is 0 Å². The molecule has 0 radical (unpaired) electrons. The Labute approximate surface area is 109 Å². The molecule has 0 spiro atoms. The van der Waals surface area contributed by atoms with Gasteiger partial charge in [-0.1, -0.05) is 24.3 Å². The van der Waals surface area contributed by atoms with Gasteiger partial charge in [0.1, 0.15) is 0 Å². The summed E-state index contributed by atoms with van der Waals surface area (Å²) in [6.45, 7) is 2.21. The average molecular weight is 242 g/mol. The molecule has 1 nitrogen and oxygen atoms in total. The lowest BCUT2D eigenvalue weighted by Gasteiger charge is -2.60. The van der Waals surface area contributed by atoms with Crippen LogP contribution in [-0.2, 0) is 5.41 Å². The second-order valence-corrected chi connectivity index (χ2v) is 7.02. The molecule has 4 bridgehead atoms. The van der Waals surface area contributed by atoms with Crippen molar-refractivity contribution < 1.29 is 5.11 Å². The summed E-state index contributed by atoms with van der Waals surface area (Å²) >= 11 is 0. The zero-order valence-corrected chi connectivity index (χ0v) is 11.1. The summed E-state index contributed by atoms with van der Waals surface area (Å²) < 4.78 is 0. The maximum atomic E-state index is 10.9. The molecule has 3 unspecified atom stereocenters. The summed E-state index contributed by atoms with van der Waals surface area (Å²) in [4.78, 5) is 0. The Morgan fingerprint density at radius 2 is 1.72 bits per heavy atom. The van der Waals surface area contributed by atoms with Crippen molar-refractivity contribution in [2.24, 2.45) is 17.8 Å². The van der Waals surface area contributed by atoms with Crippen LogP contribution in [0.3, 0.4) is 0 Å². The van der Waals surface area contributed by atoms with Gasteiger partial charge in [0.2, 0.25) is 0 Å². The number of aliphatic hydroxyl groups is 1. The van der Waals surface area contributed by atoms with Crippen LogP contribution < -0.4 is 0 Å². The highest BCUT2D eigenvalue weighted by Crippen LogP contribution is 2.61. The van der Waals surface area contributed by atoms with Crippen LogP contribution in [0.1, 0.15) is 43.2 Å². The lowest BCUT2D eigenvalue weighted by molar-refractivity contribution is -0.114. The number of hydrogen-bond donors (Lipinski definition) is 1. The smallest absolute Gasteiger partial charge is 0.0665 e. The topological polar surface area (TPSA) is 20.2 Å². The van der Waals surface area contributed by atoms with Gasteiger partial charge in [-0.25, -0.2) is 0 Å². The van der Waals surface area contributed by atoms with Gasteiger partial charge in [0.15, 0.2) is 0 Å². The van der Waals surface area contributed by atoms with Crippen LogP contribution in [0, 0.1) is 24.7 Å². The molecule has 5 rings (SSSR count). The molecule has 4 aliphatic rings. The second-order valence-electron chi connectivity index (χ2n) is 7.02. The first-order chi connectivity index (χ1) is 8.69. The molecule has 0 aromatic heterocycles. The lowest BCUT2D eigenvalue weighted by Crippen LogP contribution is -2.58. The zero-order valence-electron chi connectivity index (χ0n) is 11.1. The van der Waals surface area contributed by atoms with E-state index in [0.29, 0.717) is 5.92 Å². The summed E-state index contributed by atoms with van der Waals surface area (Å²) in [7, 11) is 0. The number of aliphatic hydroxyl groups excluding tert-OH is 1. The molecule has 96 valence electrons. The summed E-state index contributed by atoms with van der Waals surface area (Å²) in [6.07, 6.45) is 6.36. The first kappa shape index (κ1) is 11.0. The molecule has 0 amide bonds. The molecule has 1 aromatic carbocycles. The molecule has 4 fully saturated rings. The quantitative estimate of drug-likeness (QED) is 0.800. The van der Waals surface area contributed by atoms with Gasteiger partial charge >= 0.3 is 0 Å². The maximum absolute atomic E-state index is 10.9. The molecular formula is C17H22O. The molecule has 1 N–H and O–H groups in total. The fourth-order valence-electron chi connectivity index (χ4n) is 5.52. The molecule has 4 aliphatic carbocycles. The lowest BCUT2D eigenvalue weighted by atomic mass is 9.46. The van der Waals surface area contributed by atoms with Crippen molar-refractivity contribution in [3.05, 3.63) is 35.4 Å². The fourth-order valence-corrected chi connectivity index (χ4v) is 5.52. The van der Waals surface area contributed by atoms with Gasteiger partial charge in [0.25, 0.3) is 0 Å². The standard InChI is InChI=1S/C17H22O/c1-11-4-2-3-5-15(11)17-9-12-6-13(10-17)8-14(7-12)16(17)18/h2-5,12-14,16,18H,6-10H2,1H3. The Kier molecular flexibility index (Phi) is 2.21. The molecular weight excluding hydrogens is 220 g/mol. The van der Waals surface area contributed by atoms with Crippen molar-refractivity contribution in [2.75, 3.05) is 0 Å². The van der Waals surface area contributed by atoms with Crippen LogP contribution in [0.5, 0.6) is 0 Å². The maximum Gasteiger partial charge on any atom is 0.0665 e. The van der Waals surface area contributed by atoms with Gasteiger partial charge in [0.05, 0.1) is 6.10 Å².